The number of hydrogen-bond donors (Lipinski definition) is 1. The van der Waals surface area contributed by atoms with Gasteiger partial charge in [0.05, 0.1) is 0 Å². The monoisotopic (exact) mass is 320 g/mol. The minimum Gasteiger partial charge on any atom is -0.435 e. The number of nitrogens with zero attached hydrogens (tertiary/aromatic N) is 1. The van der Waals surface area contributed by atoms with Crippen molar-refractivity contribution in [2.75, 3.05) is 6.54 Å². The number of sulfonamides is 1. The van der Waals surface area contributed by atoms with E-state index in [-0.39, 0.29) is 31.2 Å². The molecule has 116 valence electrons. The van der Waals surface area contributed by atoms with Crippen LogP contribution in [0.3, 0.4) is 0 Å². The highest BCUT2D eigenvalue weighted by atomic mass is 32.2. The largest absolute Gasteiger partial charge is 0.435 e. The van der Waals surface area contributed by atoms with Crippen LogP contribution in [0.1, 0.15) is 12.0 Å². The molecule has 1 aliphatic heterocycles. The molecule has 1 saturated heterocycles. The fourth-order valence-electron chi connectivity index (χ4n) is 2.11. The van der Waals surface area contributed by atoms with Gasteiger partial charge in [-0.3, -0.25) is 4.79 Å². The lowest BCUT2D eigenvalue weighted by molar-refractivity contribution is -0.128. The molecule has 0 aromatic heterocycles. The fraction of sp³-hybridized carbons (Fsp3) is 0.417. The molecule has 1 aliphatic rings. The van der Waals surface area contributed by atoms with Gasteiger partial charge in [-0.1, -0.05) is 12.1 Å². The molecule has 1 aromatic carbocycles. The Labute approximate surface area is 120 Å². The van der Waals surface area contributed by atoms with Crippen LogP contribution in [0, 0.1) is 0 Å². The third kappa shape index (κ3) is 4.11. The molecule has 1 amide bonds. The van der Waals surface area contributed by atoms with Crippen molar-refractivity contribution < 1.29 is 26.7 Å². The summed E-state index contributed by atoms with van der Waals surface area (Å²) in [5, 5.41) is 4.13. The van der Waals surface area contributed by atoms with Gasteiger partial charge in [0.1, 0.15) is 11.0 Å². The molecule has 1 unspecified atom stereocenters. The molecule has 21 heavy (non-hydrogen) atoms. The van der Waals surface area contributed by atoms with Crippen LogP contribution in [-0.4, -0.2) is 37.6 Å². The smallest absolute Gasteiger partial charge is 0.387 e. The Morgan fingerprint density at radius 2 is 1.95 bits per heavy atom. The van der Waals surface area contributed by atoms with E-state index in [4.69, 9.17) is 5.14 Å². The van der Waals surface area contributed by atoms with E-state index in [1.165, 1.54) is 29.2 Å². The highest BCUT2D eigenvalue weighted by Gasteiger charge is 2.36. The molecule has 1 heterocycles. The maximum Gasteiger partial charge on any atom is 0.387 e. The standard InChI is InChI=1S/C12H14F2N2O4S/c13-12(14)20-9-3-1-8(2-4-9)6-16-7-10(5-11(16)17)21(15,18)19/h1-4,10,12H,5-7H2,(H2,15,18,19). The van der Waals surface area contributed by atoms with Gasteiger partial charge in [0.25, 0.3) is 0 Å². The van der Waals surface area contributed by atoms with Crippen molar-refractivity contribution in [3.63, 3.8) is 0 Å². The number of amides is 1. The second kappa shape index (κ2) is 5.94. The number of hydrogen-bond acceptors (Lipinski definition) is 4. The molecule has 1 fully saturated rings. The first kappa shape index (κ1) is 15.6. The van der Waals surface area contributed by atoms with Gasteiger partial charge in [0.2, 0.25) is 15.9 Å². The van der Waals surface area contributed by atoms with Gasteiger partial charge in [0.15, 0.2) is 0 Å². The van der Waals surface area contributed by atoms with Crippen LogP contribution in [0.5, 0.6) is 5.75 Å². The molecule has 6 nitrogen and oxygen atoms in total. The molecular formula is C12H14F2N2O4S. The topological polar surface area (TPSA) is 89.7 Å². The molecule has 0 bridgehead atoms. The summed E-state index contributed by atoms with van der Waals surface area (Å²) >= 11 is 0. The van der Waals surface area contributed by atoms with Gasteiger partial charge < -0.3 is 9.64 Å². The normalized spacial score (nSPS) is 19.3. The van der Waals surface area contributed by atoms with Crippen LogP contribution in [-0.2, 0) is 21.4 Å². The lowest BCUT2D eigenvalue weighted by Crippen LogP contribution is -2.31. The van der Waals surface area contributed by atoms with Gasteiger partial charge >= 0.3 is 6.61 Å². The molecule has 2 rings (SSSR count). The van der Waals surface area contributed by atoms with E-state index in [0.29, 0.717) is 5.56 Å². The average Bonchev–Trinajstić information content (AvgIpc) is 2.73. The first-order valence-electron chi connectivity index (χ1n) is 6.09. The number of carbonyl (C=O) groups excluding carboxylic acids is 1. The van der Waals surface area contributed by atoms with Crippen molar-refractivity contribution >= 4 is 15.9 Å². The van der Waals surface area contributed by atoms with E-state index >= 15 is 0 Å². The SMILES string of the molecule is NS(=O)(=O)C1CC(=O)N(Cc2ccc(OC(F)F)cc2)C1. The Kier molecular flexibility index (Phi) is 4.43. The number of primary sulfonamides is 1. The predicted molar refractivity (Wildman–Crippen MR) is 70.0 cm³/mol. The zero-order chi connectivity index (χ0) is 15.6. The Bertz CT molecular complexity index is 619. The highest BCUT2D eigenvalue weighted by molar-refractivity contribution is 7.89. The Hall–Kier alpha value is -1.74. The molecule has 0 aliphatic carbocycles. The van der Waals surface area contributed by atoms with Crippen LogP contribution in [0.4, 0.5) is 8.78 Å². The number of alkyl halides is 2. The van der Waals surface area contributed by atoms with Crippen LogP contribution in [0.15, 0.2) is 24.3 Å². The third-order valence-corrected chi connectivity index (χ3v) is 4.41. The molecule has 1 aromatic rings. The van der Waals surface area contributed by atoms with Crippen molar-refractivity contribution in [1.29, 1.82) is 0 Å². The average molecular weight is 320 g/mol. The summed E-state index contributed by atoms with van der Waals surface area (Å²) in [4.78, 5) is 13.1. The van der Waals surface area contributed by atoms with Crippen molar-refractivity contribution in [3.8, 4) is 5.75 Å². The minimum atomic E-state index is -3.75. The van der Waals surface area contributed by atoms with Gasteiger partial charge in [-0.05, 0) is 17.7 Å². The van der Waals surface area contributed by atoms with Crippen molar-refractivity contribution in [1.82, 2.24) is 4.90 Å². The Morgan fingerprint density at radius 3 is 2.43 bits per heavy atom. The Morgan fingerprint density at radius 1 is 1.33 bits per heavy atom. The minimum absolute atomic E-state index is 0.0175. The number of carbonyl (C=O) groups is 1. The molecule has 0 saturated carbocycles. The van der Waals surface area contributed by atoms with Gasteiger partial charge in [-0.25, -0.2) is 13.6 Å². The second-order valence-corrected chi connectivity index (χ2v) is 6.56. The quantitative estimate of drug-likeness (QED) is 0.864. The molecule has 9 heteroatoms. The van der Waals surface area contributed by atoms with Crippen LogP contribution in [0.25, 0.3) is 0 Å². The van der Waals surface area contributed by atoms with Gasteiger partial charge in [-0.2, -0.15) is 8.78 Å². The molecule has 1 atom stereocenters. The van der Waals surface area contributed by atoms with E-state index in [1.54, 1.807) is 0 Å². The summed E-state index contributed by atoms with van der Waals surface area (Å²) in [7, 11) is -3.75. The van der Waals surface area contributed by atoms with Crippen LogP contribution >= 0.6 is 0 Å². The zero-order valence-corrected chi connectivity index (χ0v) is 11.7. The second-order valence-electron chi connectivity index (χ2n) is 4.71. The summed E-state index contributed by atoms with van der Waals surface area (Å²) < 4.78 is 50.7. The number of rotatable bonds is 5. The summed E-state index contributed by atoms with van der Waals surface area (Å²) in [5.74, 6) is -0.286. The number of benzene rings is 1. The van der Waals surface area contributed by atoms with Gasteiger partial charge in [-0.15, -0.1) is 0 Å². The van der Waals surface area contributed by atoms with E-state index < -0.39 is 21.9 Å². The number of likely N-dealkylation sites (tertiary alicyclic amines) is 1. The molecular weight excluding hydrogens is 306 g/mol. The van der Waals surface area contributed by atoms with Crippen molar-refractivity contribution in [2.45, 2.75) is 24.8 Å². The van der Waals surface area contributed by atoms with Gasteiger partial charge in [0, 0.05) is 19.5 Å². The number of ether oxygens (including phenoxy) is 1. The Balaban J connectivity index is 2.00. The molecule has 2 N–H and O–H groups in total. The summed E-state index contributed by atoms with van der Waals surface area (Å²) in [5.41, 5.74) is 0.681. The van der Waals surface area contributed by atoms with E-state index in [2.05, 4.69) is 4.74 Å². The third-order valence-electron chi connectivity index (χ3n) is 3.17. The van der Waals surface area contributed by atoms with E-state index in [0.717, 1.165) is 0 Å². The summed E-state index contributed by atoms with van der Waals surface area (Å²) in [6.07, 6.45) is -0.134. The zero-order valence-electron chi connectivity index (χ0n) is 10.9. The fourth-order valence-corrected chi connectivity index (χ4v) is 2.87. The molecule has 0 radical (unpaired) electrons. The van der Waals surface area contributed by atoms with E-state index in [1.807, 2.05) is 0 Å². The van der Waals surface area contributed by atoms with Crippen LogP contribution < -0.4 is 9.88 Å². The van der Waals surface area contributed by atoms with E-state index in [9.17, 15) is 22.0 Å². The highest BCUT2D eigenvalue weighted by Crippen LogP contribution is 2.21. The maximum absolute atomic E-state index is 12.0. The van der Waals surface area contributed by atoms with Crippen LogP contribution in [0.2, 0.25) is 0 Å². The van der Waals surface area contributed by atoms with Crippen molar-refractivity contribution in [3.05, 3.63) is 29.8 Å². The number of halogens is 2. The van der Waals surface area contributed by atoms with Crippen molar-refractivity contribution in [2.24, 2.45) is 5.14 Å². The maximum atomic E-state index is 12.0. The number of nitrogens with two attached hydrogens (primary N) is 1. The lowest BCUT2D eigenvalue weighted by Gasteiger charge is -2.16. The summed E-state index contributed by atoms with van der Waals surface area (Å²) in [6.45, 7) is -2.67. The summed E-state index contributed by atoms with van der Waals surface area (Å²) in [6, 6.07) is 5.79. The first-order valence-corrected chi connectivity index (χ1v) is 7.70. The molecule has 0 spiro atoms. The predicted octanol–water partition coefficient (Wildman–Crippen LogP) is 0.677. The lowest BCUT2D eigenvalue weighted by atomic mass is 10.2. The first-order chi connectivity index (χ1) is 9.75.